The number of amides is 1. The topological polar surface area (TPSA) is 78.8 Å². The minimum absolute atomic E-state index is 0.130. The maximum absolute atomic E-state index is 12.6. The van der Waals surface area contributed by atoms with Crippen LogP contribution in [-0.4, -0.2) is 37.9 Å². The molecule has 0 bridgehead atoms. The van der Waals surface area contributed by atoms with E-state index >= 15 is 0 Å². The van der Waals surface area contributed by atoms with Gasteiger partial charge in [0.15, 0.2) is 0 Å². The van der Waals surface area contributed by atoms with Gasteiger partial charge in [-0.3, -0.25) is 4.79 Å². The number of hydrogen-bond acceptors (Lipinski definition) is 4. The number of benzene rings is 2. The van der Waals surface area contributed by atoms with Crippen LogP contribution in [0.15, 0.2) is 70.7 Å². The molecule has 27 heavy (non-hydrogen) atoms. The average Bonchev–Trinajstić information content (AvgIpc) is 3.24. The second-order valence-electron chi connectivity index (χ2n) is 6.13. The van der Waals surface area contributed by atoms with Crippen LogP contribution in [0.5, 0.6) is 0 Å². The highest BCUT2D eigenvalue weighted by atomic mass is 32.2. The van der Waals surface area contributed by atoms with Crippen molar-refractivity contribution in [2.24, 2.45) is 5.10 Å². The van der Waals surface area contributed by atoms with Gasteiger partial charge in [-0.05, 0) is 42.7 Å². The van der Waals surface area contributed by atoms with Crippen LogP contribution in [0.3, 0.4) is 0 Å². The molecule has 2 aromatic carbocycles. The summed E-state index contributed by atoms with van der Waals surface area (Å²) >= 11 is 0. The van der Waals surface area contributed by atoms with E-state index in [1.54, 1.807) is 18.2 Å². The average molecular weight is 383 g/mol. The zero-order valence-electron chi connectivity index (χ0n) is 14.8. The first-order chi connectivity index (χ1) is 13.1. The number of carbonyl (C=O) groups is 1. The normalized spacial score (nSPS) is 15.6. The first-order valence-corrected chi connectivity index (χ1v) is 10.2. The maximum atomic E-state index is 12.6. The third-order valence-corrected chi connectivity index (χ3v) is 6.11. The van der Waals surface area contributed by atoms with Crippen molar-refractivity contribution in [1.82, 2.24) is 9.73 Å². The molecule has 1 saturated heterocycles. The van der Waals surface area contributed by atoms with E-state index in [9.17, 15) is 13.2 Å². The van der Waals surface area contributed by atoms with Crippen LogP contribution >= 0.6 is 0 Å². The van der Waals surface area contributed by atoms with E-state index in [0.717, 1.165) is 18.4 Å². The first-order valence-electron chi connectivity index (χ1n) is 8.73. The summed E-state index contributed by atoms with van der Waals surface area (Å²) in [5.74, 6) is -0.460. The van der Waals surface area contributed by atoms with Crippen LogP contribution in [-0.2, 0) is 10.0 Å². The molecule has 1 aliphatic rings. The van der Waals surface area contributed by atoms with Crippen LogP contribution in [0.25, 0.3) is 6.08 Å². The standard InChI is InChI=1S/C20H21N3O3S/c24-20(22-21-13-7-10-17-8-2-1-3-9-17)18-11-6-12-19(16-18)27(25,26)23-14-4-5-15-23/h1-3,6-13,16H,4-5,14-15H2,(H,22,24). The fourth-order valence-corrected chi connectivity index (χ4v) is 4.36. The zero-order valence-corrected chi connectivity index (χ0v) is 15.6. The Hall–Kier alpha value is -2.77. The zero-order chi connectivity index (χ0) is 19.1. The molecule has 140 valence electrons. The van der Waals surface area contributed by atoms with Crippen molar-refractivity contribution in [3.05, 3.63) is 71.8 Å². The molecule has 7 heteroatoms. The number of hydrogen-bond donors (Lipinski definition) is 1. The van der Waals surface area contributed by atoms with Crippen LogP contribution in [0, 0.1) is 0 Å². The summed E-state index contributed by atoms with van der Waals surface area (Å²) < 4.78 is 26.7. The van der Waals surface area contributed by atoms with E-state index in [1.807, 2.05) is 36.4 Å². The molecule has 0 spiro atoms. The predicted molar refractivity (Wildman–Crippen MR) is 106 cm³/mol. The Morgan fingerprint density at radius 1 is 1.04 bits per heavy atom. The molecule has 0 saturated carbocycles. The van der Waals surface area contributed by atoms with Gasteiger partial charge in [-0.1, -0.05) is 42.5 Å². The van der Waals surface area contributed by atoms with Crippen molar-refractivity contribution in [3.63, 3.8) is 0 Å². The molecule has 1 amide bonds. The van der Waals surface area contributed by atoms with Crippen molar-refractivity contribution in [3.8, 4) is 0 Å². The smallest absolute Gasteiger partial charge is 0.267 e. The van der Waals surface area contributed by atoms with Crippen LogP contribution in [0.2, 0.25) is 0 Å². The molecule has 1 N–H and O–H groups in total. The molecule has 3 rings (SSSR count). The van der Waals surface area contributed by atoms with Crippen molar-refractivity contribution in [2.45, 2.75) is 17.7 Å². The third-order valence-electron chi connectivity index (χ3n) is 4.21. The van der Waals surface area contributed by atoms with Crippen molar-refractivity contribution in [1.29, 1.82) is 0 Å². The van der Waals surface area contributed by atoms with Gasteiger partial charge in [0, 0.05) is 24.9 Å². The predicted octanol–water partition coefficient (Wildman–Crippen LogP) is 2.90. The fourth-order valence-electron chi connectivity index (χ4n) is 2.80. The second kappa shape index (κ2) is 8.75. The number of nitrogens with one attached hydrogen (secondary N) is 1. The molecule has 0 aliphatic carbocycles. The number of nitrogens with zero attached hydrogens (tertiary/aromatic N) is 2. The van der Waals surface area contributed by atoms with Crippen molar-refractivity contribution < 1.29 is 13.2 Å². The Labute approximate surface area is 159 Å². The monoisotopic (exact) mass is 383 g/mol. The summed E-state index contributed by atoms with van der Waals surface area (Å²) in [6, 6.07) is 15.7. The number of sulfonamides is 1. The largest absolute Gasteiger partial charge is 0.271 e. The van der Waals surface area contributed by atoms with Gasteiger partial charge in [0.05, 0.1) is 4.90 Å². The summed E-state index contributed by atoms with van der Waals surface area (Å²) in [4.78, 5) is 12.4. The van der Waals surface area contributed by atoms with E-state index < -0.39 is 15.9 Å². The lowest BCUT2D eigenvalue weighted by molar-refractivity contribution is 0.0955. The van der Waals surface area contributed by atoms with Crippen molar-refractivity contribution in [2.75, 3.05) is 13.1 Å². The van der Waals surface area contributed by atoms with E-state index in [2.05, 4.69) is 10.5 Å². The molecule has 6 nitrogen and oxygen atoms in total. The highest BCUT2D eigenvalue weighted by Gasteiger charge is 2.27. The summed E-state index contributed by atoms with van der Waals surface area (Å²) in [6.07, 6.45) is 6.77. The molecule has 2 aromatic rings. The van der Waals surface area contributed by atoms with Gasteiger partial charge in [0.25, 0.3) is 5.91 Å². The number of allylic oxidation sites excluding steroid dienone is 1. The number of rotatable bonds is 6. The summed E-state index contributed by atoms with van der Waals surface area (Å²) in [5.41, 5.74) is 3.68. The lowest BCUT2D eigenvalue weighted by Gasteiger charge is -2.15. The van der Waals surface area contributed by atoms with Gasteiger partial charge in [0.2, 0.25) is 10.0 Å². The Kier molecular flexibility index (Phi) is 6.16. The van der Waals surface area contributed by atoms with Crippen LogP contribution < -0.4 is 5.43 Å². The van der Waals surface area contributed by atoms with Gasteiger partial charge < -0.3 is 0 Å². The van der Waals surface area contributed by atoms with E-state index in [1.165, 1.54) is 22.7 Å². The lowest BCUT2D eigenvalue weighted by Crippen LogP contribution is -2.28. The molecule has 0 radical (unpaired) electrons. The molecular weight excluding hydrogens is 362 g/mol. The van der Waals surface area contributed by atoms with Crippen molar-refractivity contribution >= 4 is 28.2 Å². The maximum Gasteiger partial charge on any atom is 0.271 e. The van der Waals surface area contributed by atoms with Gasteiger partial charge >= 0.3 is 0 Å². The Morgan fingerprint density at radius 3 is 2.52 bits per heavy atom. The third kappa shape index (κ3) is 4.90. The quantitative estimate of drug-likeness (QED) is 0.615. The van der Waals surface area contributed by atoms with E-state index in [-0.39, 0.29) is 10.5 Å². The molecule has 1 fully saturated rings. The molecule has 0 atom stereocenters. The summed E-state index contributed by atoms with van der Waals surface area (Å²) in [5, 5.41) is 3.86. The SMILES string of the molecule is O=C(NN=CC=Cc1ccccc1)c1cccc(S(=O)(=O)N2CCCC2)c1. The molecule has 1 heterocycles. The van der Waals surface area contributed by atoms with Gasteiger partial charge in [-0.15, -0.1) is 0 Å². The summed E-state index contributed by atoms with van der Waals surface area (Å²) in [7, 11) is -3.55. The van der Waals surface area contributed by atoms with E-state index in [0.29, 0.717) is 13.1 Å². The lowest BCUT2D eigenvalue weighted by atomic mass is 10.2. The second-order valence-corrected chi connectivity index (χ2v) is 8.07. The van der Waals surface area contributed by atoms with E-state index in [4.69, 9.17) is 0 Å². The van der Waals surface area contributed by atoms with Gasteiger partial charge in [-0.2, -0.15) is 9.41 Å². The minimum atomic E-state index is -3.55. The molecule has 0 aromatic heterocycles. The highest BCUT2D eigenvalue weighted by Crippen LogP contribution is 2.21. The Morgan fingerprint density at radius 2 is 1.78 bits per heavy atom. The fraction of sp³-hybridized carbons (Fsp3) is 0.200. The Bertz CT molecular complexity index is 947. The highest BCUT2D eigenvalue weighted by molar-refractivity contribution is 7.89. The minimum Gasteiger partial charge on any atom is -0.267 e. The van der Waals surface area contributed by atoms with Gasteiger partial charge in [-0.25, -0.2) is 13.8 Å². The molecular formula is C20H21N3O3S. The molecule has 0 unspecified atom stereocenters. The molecule has 1 aliphatic heterocycles. The van der Waals surface area contributed by atoms with Gasteiger partial charge in [0.1, 0.15) is 0 Å². The van der Waals surface area contributed by atoms with Crippen LogP contribution in [0.1, 0.15) is 28.8 Å². The number of hydrazone groups is 1. The number of carbonyl (C=O) groups excluding carboxylic acids is 1. The Balaban J connectivity index is 1.63. The first kappa shape index (κ1) is 19.0. The summed E-state index contributed by atoms with van der Waals surface area (Å²) in [6.45, 7) is 1.05. The van der Waals surface area contributed by atoms with Crippen LogP contribution in [0.4, 0.5) is 0 Å².